The zero-order valence-electron chi connectivity index (χ0n) is 9.74. The summed E-state index contributed by atoms with van der Waals surface area (Å²) < 4.78 is 0. The smallest absolute Gasteiger partial charge is 0.315 e. The first-order chi connectivity index (χ1) is 7.79. The SMILES string of the molecule is O=C(NCC1CCCCC1CO)NC1CC1. The van der Waals surface area contributed by atoms with Gasteiger partial charge in [-0.25, -0.2) is 4.79 Å². The molecule has 4 nitrogen and oxygen atoms in total. The molecule has 2 unspecified atom stereocenters. The highest BCUT2D eigenvalue weighted by Gasteiger charge is 2.26. The van der Waals surface area contributed by atoms with Gasteiger partial charge in [0.15, 0.2) is 0 Å². The van der Waals surface area contributed by atoms with Crippen molar-refractivity contribution < 1.29 is 9.90 Å². The van der Waals surface area contributed by atoms with E-state index >= 15 is 0 Å². The van der Waals surface area contributed by atoms with Gasteiger partial charge >= 0.3 is 6.03 Å². The van der Waals surface area contributed by atoms with Gasteiger partial charge in [0.25, 0.3) is 0 Å². The van der Waals surface area contributed by atoms with Gasteiger partial charge in [0.2, 0.25) is 0 Å². The van der Waals surface area contributed by atoms with Crippen molar-refractivity contribution in [1.82, 2.24) is 10.6 Å². The maximum Gasteiger partial charge on any atom is 0.315 e. The number of amides is 2. The van der Waals surface area contributed by atoms with Crippen LogP contribution in [0.15, 0.2) is 0 Å². The lowest BCUT2D eigenvalue weighted by Gasteiger charge is -2.30. The average Bonchev–Trinajstić information content (AvgIpc) is 3.10. The van der Waals surface area contributed by atoms with Gasteiger partial charge in [-0.1, -0.05) is 12.8 Å². The van der Waals surface area contributed by atoms with Gasteiger partial charge in [-0.2, -0.15) is 0 Å². The first kappa shape index (κ1) is 11.7. The molecule has 2 aliphatic carbocycles. The van der Waals surface area contributed by atoms with Crippen LogP contribution in [0.5, 0.6) is 0 Å². The second kappa shape index (κ2) is 5.53. The van der Waals surface area contributed by atoms with Crippen molar-refractivity contribution in [2.24, 2.45) is 11.8 Å². The van der Waals surface area contributed by atoms with Crippen LogP contribution < -0.4 is 10.6 Å². The summed E-state index contributed by atoms with van der Waals surface area (Å²) in [7, 11) is 0. The largest absolute Gasteiger partial charge is 0.396 e. The molecule has 0 radical (unpaired) electrons. The second-order valence-electron chi connectivity index (χ2n) is 5.12. The topological polar surface area (TPSA) is 61.4 Å². The molecular weight excluding hydrogens is 204 g/mol. The lowest BCUT2D eigenvalue weighted by molar-refractivity contribution is 0.133. The van der Waals surface area contributed by atoms with Crippen LogP contribution in [0.1, 0.15) is 38.5 Å². The molecule has 16 heavy (non-hydrogen) atoms. The molecule has 0 aromatic rings. The predicted molar refractivity (Wildman–Crippen MR) is 62.1 cm³/mol. The molecule has 0 aliphatic heterocycles. The Kier molecular flexibility index (Phi) is 4.04. The maximum absolute atomic E-state index is 11.4. The van der Waals surface area contributed by atoms with Gasteiger partial charge in [-0.05, 0) is 37.5 Å². The minimum atomic E-state index is -0.0373. The first-order valence-corrected chi connectivity index (χ1v) is 6.45. The van der Waals surface area contributed by atoms with E-state index < -0.39 is 0 Å². The maximum atomic E-state index is 11.4. The standard InChI is InChI=1S/C12H22N2O2/c15-8-10-4-2-1-3-9(10)7-13-12(16)14-11-5-6-11/h9-11,15H,1-8H2,(H2,13,14,16). The second-order valence-corrected chi connectivity index (χ2v) is 5.12. The van der Waals surface area contributed by atoms with E-state index in [0.29, 0.717) is 24.4 Å². The van der Waals surface area contributed by atoms with E-state index in [-0.39, 0.29) is 12.6 Å². The van der Waals surface area contributed by atoms with E-state index in [2.05, 4.69) is 10.6 Å². The van der Waals surface area contributed by atoms with Crippen molar-refractivity contribution >= 4 is 6.03 Å². The molecule has 2 rings (SSSR count). The number of carbonyl (C=O) groups excluding carboxylic acids is 1. The molecule has 0 spiro atoms. The quantitative estimate of drug-likeness (QED) is 0.675. The van der Waals surface area contributed by atoms with Gasteiger partial charge in [0, 0.05) is 19.2 Å². The summed E-state index contributed by atoms with van der Waals surface area (Å²) in [6.07, 6.45) is 6.93. The number of nitrogens with one attached hydrogen (secondary N) is 2. The summed E-state index contributed by atoms with van der Waals surface area (Å²) in [6.45, 7) is 0.973. The van der Waals surface area contributed by atoms with E-state index in [9.17, 15) is 9.90 Å². The lowest BCUT2D eigenvalue weighted by atomic mass is 9.80. The van der Waals surface area contributed by atoms with E-state index in [4.69, 9.17) is 0 Å². The van der Waals surface area contributed by atoms with Gasteiger partial charge in [0.05, 0.1) is 0 Å². The molecule has 0 bridgehead atoms. The van der Waals surface area contributed by atoms with E-state index in [1.54, 1.807) is 0 Å². The van der Waals surface area contributed by atoms with Gasteiger partial charge < -0.3 is 15.7 Å². The molecule has 0 aromatic carbocycles. The van der Waals surface area contributed by atoms with Crippen molar-refractivity contribution in [3.05, 3.63) is 0 Å². The zero-order chi connectivity index (χ0) is 11.4. The molecule has 0 saturated heterocycles. The fourth-order valence-electron chi connectivity index (χ4n) is 2.48. The van der Waals surface area contributed by atoms with Crippen LogP contribution in [-0.4, -0.2) is 30.3 Å². The Morgan fingerprint density at radius 1 is 1.12 bits per heavy atom. The van der Waals surface area contributed by atoms with Crippen LogP contribution in [0.4, 0.5) is 4.79 Å². The van der Waals surface area contributed by atoms with Gasteiger partial charge in [-0.3, -0.25) is 0 Å². The van der Waals surface area contributed by atoms with Crippen LogP contribution in [0.3, 0.4) is 0 Å². The summed E-state index contributed by atoms with van der Waals surface area (Å²) >= 11 is 0. The van der Waals surface area contributed by atoms with Crippen LogP contribution in [-0.2, 0) is 0 Å². The summed E-state index contributed by atoms with van der Waals surface area (Å²) in [5, 5.41) is 15.1. The Bertz CT molecular complexity index is 241. The van der Waals surface area contributed by atoms with Crippen LogP contribution in [0.25, 0.3) is 0 Å². The van der Waals surface area contributed by atoms with Crippen molar-refractivity contribution in [3.63, 3.8) is 0 Å². The number of aliphatic hydroxyl groups is 1. The molecule has 2 atom stereocenters. The number of carbonyl (C=O) groups is 1. The molecule has 92 valence electrons. The number of aliphatic hydroxyl groups excluding tert-OH is 1. The fraction of sp³-hybridized carbons (Fsp3) is 0.917. The number of hydrogen-bond acceptors (Lipinski definition) is 2. The highest BCUT2D eigenvalue weighted by atomic mass is 16.3. The molecule has 2 aliphatic rings. The third kappa shape index (κ3) is 3.37. The Labute approximate surface area is 96.8 Å². The molecule has 0 aromatic heterocycles. The van der Waals surface area contributed by atoms with Gasteiger partial charge in [0.1, 0.15) is 0 Å². The molecule has 2 amide bonds. The Balaban J connectivity index is 1.68. The van der Waals surface area contributed by atoms with Crippen LogP contribution in [0.2, 0.25) is 0 Å². The molecule has 2 saturated carbocycles. The highest BCUT2D eigenvalue weighted by Crippen LogP contribution is 2.29. The van der Waals surface area contributed by atoms with E-state index in [1.807, 2.05) is 0 Å². The minimum Gasteiger partial charge on any atom is -0.396 e. The van der Waals surface area contributed by atoms with E-state index in [1.165, 1.54) is 12.8 Å². The average molecular weight is 226 g/mol. The van der Waals surface area contributed by atoms with Crippen molar-refractivity contribution in [2.75, 3.05) is 13.2 Å². The summed E-state index contributed by atoms with van der Waals surface area (Å²) in [6, 6.07) is 0.379. The van der Waals surface area contributed by atoms with Crippen molar-refractivity contribution in [2.45, 2.75) is 44.6 Å². The van der Waals surface area contributed by atoms with Gasteiger partial charge in [-0.15, -0.1) is 0 Å². The first-order valence-electron chi connectivity index (χ1n) is 6.45. The molecule has 0 heterocycles. The monoisotopic (exact) mass is 226 g/mol. The zero-order valence-corrected chi connectivity index (χ0v) is 9.74. The Hall–Kier alpha value is -0.770. The van der Waals surface area contributed by atoms with Crippen molar-refractivity contribution in [3.8, 4) is 0 Å². The third-order valence-electron chi connectivity index (χ3n) is 3.74. The summed E-state index contributed by atoms with van der Waals surface area (Å²) in [5.41, 5.74) is 0. The van der Waals surface area contributed by atoms with E-state index in [0.717, 1.165) is 25.7 Å². The van der Waals surface area contributed by atoms with Crippen molar-refractivity contribution in [1.29, 1.82) is 0 Å². The minimum absolute atomic E-state index is 0.0373. The highest BCUT2D eigenvalue weighted by molar-refractivity contribution is 5.74. The fourth-order valence-corrected chi connectivity index (χ4v) is 2.48. The summed E-state index contributed by atoms with van der Waals surface area (Å²) in [5.74, 6) is 0.846. The molecule has 3 N–H and O–H groups in total. The molecule has 2 fully saturated rings. The molecular formula is C12H22N2O2. The normalized spacial score (nSPS) is 29.8. The third-order valence-corrected chi connectivity index (χ3v) is 3.74. The predicted octanol–water partition coefficient (Wildman–Crippen LogP) is 1.25. The Morgan fingerprint density at radius 2 is 1.81 bits per heavy atom. The lowest BCUT2D eigenvalue weighted by Crippen LogP contribution is -2.41. The van der Waals surface area contributed by atoms with Crippen LogP contribution >= 0.6 is 0 Å². The number of urea groups is 1. The summed E-state index contributed by atoms with van der Waals surface area (Å²) in [4.78, 5) is 11.4. The Morgan fingerprint density at radius 3 is 2.44 bits per heavy atom. The number of hydrogen-bond donors (Lipinski definition) is 3. The van der Waals surface area contributed by atoms with Crippen LogP contribution in [0, 0.1) is 11.8 Å². The number of rotatable bonds is 4. The molecule has 4 heteroatoms.